The van der Waals surface area contributed by atoms with E-state index in [0.29, 0.717) is 11.5 Å². The summed E-state index contributed by atoms with van der Waals surface area (Å²) < 4.78 is 6.81. The summed E-state index contributed by atoms with van der Waals surface area (Å²) in [6.45, 7) is 2.03. The van der Waals surface area contributed by atoms with Gasteiger partial charge in [0.15, 0.2) is 5.76 Å². The quantitative estimate of drug-likeness (QED) is 0.528. The number of hydrogen-bond acceptors (Lipinski definition) is 4. The summed E-state index contributed by atoms with van der Waals surface area (Å²) in [7, 11) is 0. The first kappa shape index (κ1) is 14.4. The third kappa shape index (κ3) is 2.75. The van der Waals surface area contributed by atoms with Gasteiger partial charge in [0, 0.05) is 14.7 Å². The average molecular weight is 387 g/mol. The summed E-state index contributed by atoms with van der Waals surface area (Å²) in [5.41, 5.74) is 1.66. The molecule has 3 heterocycles. The Morgan fingerprint density at radius 1 is 1.17 bits per heavy atom. The largest absolute Gasteiger partial charge is 0.454 e. The molecule has 0 spiro atoms. The Morgan fingerprint density at radius 2 is 2.04 bits per heavy atom. The number of thiophene rings is 1. The van der Waals surface area contributed by atoms with Gasteiger partial charge in [-0.25, -0.2) is 4.79 Å². The Morgan fingerprint density at radius 3 is 2.83 bits per heavy atom. The van der Waals surface area contributed by atoms with Crippen LogP contribution in [-0.4, -0.2) is 9.97 Å². The third-order valence-electron chi connectivity index (χ3n) is 3.48. The van der Waals surface area contributed by atoms with Crippen LogP contribution in [-0.2, 0) is 0 Å². The van der Waals surface area contributed by atoms with Gasteiger partial charge >= 0.3 is 5.69 Å². The molecule has 3 aromatic heterocycles. The van der Waals surface area contributed by atoms with Crippen molar-refractivity contribution in [2.75, 3.05) is 0 Å². The Bertz CT molecular complexity index is 1080. The number of aromatic amines is 1. The molecule has 4 nitrogen and oxygen atoms in total. The number of aromatic nitrogens is 2. The number of furan rings is 1. The number of hydrogen-bond donors (Lipinski definition) is 1. The van der Waals surface area contributed by atoms with E-state index in [-0.39, 0.29) is 5.69 Å². The molecule has 0 aliphatic rings. The number of benzene rings is 1. The van der Waals surface area contributed by atoms with Crippen LogP contribution in [0.25, 0.3) is 33.0 Å². The molecule has 4 aromatic rings. The lowest BCUT2D eigenvalue weighted by Crippen LogP contribution is -2.11. The molecule has 1 N–H and O–H groups in total. The van der Waals surface area contributed by atoms with Crippen molar-refractivity contribution >= 4 is 38.2 Å². The van der Waals surface area contributed by atoms with E-state index in [4.69, 9.17) is 4.42 Å². The molecule has 0 saturated heterocycles. The number of halogens is 1. The highest BCUT2D eigenvalue weighted by Gasteiger charge is 2.11. The van der Waals surface area contributed by atoms with Crippen molar-refractivity contribution in [1.29, 1.82) is 0 Å². The third-order valence-corrected chi connectivity index (χ3v) is 5.01. The first-order valence-corrected chi connectivity index (χ1v) is 8.57. The number of aryl methyl sites for hydroxylation is 1. The molecule has 6 heteroatoms. The zero-order chi connectivity index (χ0) is 16.0. The van der Waals surface area contributed by atoms with Gasteiger partial charge in [0.25, 0.3) is 0 Å². The molecular weight excluding hydrogens is 376 g/mol. The van der Waals surface area contributed by atoms with Crippen molar-refractivity contribution < 1.29 is 4.42 Å². The molecule has 114 valence electrons. The Balaban J connectivity index is 1.87. The first-order valence-electron chi connectivity index (χ1n) is 6.96. The number of fused-ring (bicyclic) bond motifs is 1. The molecule has 0 unspecified atom stereocenters. The lowest BCUT2D eigenvalue weighted by Gasteiger charge is -2.00. The number of rotatable bonds is 2. The van der Waals surface area contributed by atoms with Crippen LogP contribution in [0.15, 0.2) is 56.1 Å². The second-order valence-corrected chi connectivity index (χ2v) is 7.39. The van der Waals surface area contributed by atoms with Crippen LogP contribution in [0.5, 0.6) is 0 Å². The maximum atomic E-state index is 11.9. The zero-order valence-electron chi connectivity index (χ0n) is 12.1. The molecule has 0 amide bonds. The molecule has 0 aliphatic carbocycles. The van der Waals surface area contributed by atoms with Crippen LogP contribution in [0.4, 0.5) is 0 Å². The van der Waals surface area contributed by atoms with Gasteiger partial charge in [0.1, 0.15) is 11.3 Å². The van der Waals surface area contributed by atoms with Gasteiger partial charge in [-0.15, -0.1) is 11.3 Å². The minimum absolute atomic E-state index is 0.384. The van der Waals surface area contributed by atoms with Crippen molar-refractivity contribution in [3.63, 3.8) is 0 Å². The van der Waals surface area contributed by atoms with Crippen LogP contribution >= 0.6 is 27.3 Å². The monoisotopic (exact) mass is 386 g/mol. The predicted molar refractivity (Wildman–Crippen MR) is 95.8 cm³/mol. The summed E-state index contributed by atoms with van der Waals surface area (Å²) in [6, 6.07) is 13.5. The highest BCUT2D eigenvalue weighted by Crippen LogP contribution is 2.31. The Labute approximate surface area is 143 Å². The van der Waals surface area contributed by atoms with Gasteiger partial charge in [-0.1, -0.05) is 15.9 Å². The fourth-order valence-electron chi connectivity index (χ4n) is 2.44. The lowest BCUT2D eigenvalue weighted by molar-refractivity contribution is 0.628. The van der Waals surface area contributed by atoms with E-state index in [0.717, 1.165) is 26.0 Å². The van der Waals surface area contributed by atoms with Crippen LogP contribution < -0.4 is 5.69 Å². The van der Waals surface area contributed by atoms with E-state index in [9.17, 15) is 4.79 Å². The van der Waals surface area contributed by atoms with Gasteiger partial charge in [0.2, 0.25) is 0 Å². The summed E-state index contributed by atoms with van der Waals surface area (Å²) in [4.78, 5) is 20.9. The minimum atomic E-state index is -0.384. The Kier molecular flexibility index (Phi) is 3.43. The maximum Gasteiger partial charge on any atom is 0.346 e. The fraction of sp³-hybridized carbons (Fsp3) is 0.0588. The molecule has 0 bridgehead atoms. The molecule has 4 rings (SSSR count). The van der Waals surface area contributed by atoms with Crippen LogP contribution in [0, 0.1) is 6.92 Å². The first-order chi connectivity index (χ1) is 11.1. The molecule has 0 radical (unpaired) electrons. The van der Waals surface area contributed by atoms with E-state index < -0.39 is 0 Å². The molecule has 0 atom stereocenters. The van der Waals surface area contributed by atoms with Gasteiger partial charge in [-0.3, -0.25) is 0 Å². The molecular formula is C17H11BrN2O2S. The van der Waals surface area contributed by atoms with Crippen molar-refractivity contribution in [3.8, 4) is 22.0 Å². The minimum Gasteiger partial charge on any atom is -0.454 e. The molecule has 1 aromatic carbocycles. The van der Waals surface area contributed by atoms with Gasteiger partial charge < -0.3 is 9.40 Å². The molecule has 0 fully saturated rings. The molecule has 0 saturated carbocycles. The van der Waals surface area contributed by atoms with Crippen LogP contribution in [0.1, 0.15) is 4.88 Å². The van der Waals surface area contributed by atoms with Crippen molar-refractivity contribution in [2.45, 2.75) is 6.92 Å². The van der Waals surface area contributed by atoms with E-state index in [2.05, 4.69) is 25.9 Å². The highest BCUT2D eigenvalue weighted by atomic mass is 79.9. The van der Waals surface area contributed by atoms with E-state index in [1.54, 1.807) is 11.3 Å². The summed E-state index contributed by atoms with van der Waals surface area (Å²) in [6.07, 6.45) is 0. The number of nitrogens with one attached hydrogen (secondary N) is 1. The second kappa shape index (κ2) is 5.47. The van der Waals surface area contributed by atoms with E-state index in [1.165, 1.54) is 4.88 Å². The fourth-order valence-corrected chi connectivity index (χ4v) is 3.65. The summed E-state index contributed by atoms with van der Waals surface area (Å²) in [5.74, 6) is 0.582. The number of nitrogens with zero attached hydrogens (tertiary/aromatic N) is 1. The topological polar surface area (TPSA) is 58.9 Å². The van der Waals surface area contributed by atoms with Gasteiger partial charge in [0.05, 0.1) is 10.6 Å². The highest BCUT2D eigenvalue weighted by molar-refractivity contribution is 9.10. The van der Waals surface area contributed by atoms with Gasteiger partial charge in [-0.05, 0) is 49.4 Å². The van der Waals surface area contributed by atoms with E-state index in [1.807, 2.05) is 49.4 Å². The van der Waals surface area contributed by atoms with Crippen molar-refractivity contribution in [2.24, 2.45) is 0 Å². The van der Waals surface area contributed by atoms with Crippen molar-refractivity contribution in [1.82, 2.24) is 9.97 Å². The van der Waals surface area contributed by atoms with Crippen LogP contribution in [0.3, 0.4) is 0 Å². The zero-order valence-corrected chi connectivity index (χ0v) is 14.5. The maximum absolute atomic E-state index is 11.9. The molecule has 23 heavy (non-hydrogen) atoms. The second-order valence-electron chi connectivity index (χ2n) is 5.19. The number of H-pyrrole nitrogens is 1. The molecule has 0 aliphatic heterocycles. The normalized spacial score (nSPS) is 11.2. The summed E-state index contributed by atoms with van der Waals surface area (Å²) in [5, 5.41) is 0.963. The van der Waals surface area contributed by atoms with Gasteiger partial charge in [-0.2, -0.15) is 4.98 Å². The SMILES string of the molecule is Cc1ccc(-c2cc(-c3cc4cc(Br)ccc4o3)nc(=O)[nH]2)s1. The standard InChI is InChI=1S/C17H11BrN2O2S/c1-9-2-5-16(23-9)13-8-12(19-17(21)20-13)15-7-10-6-11(18)3-4-14(10)22-15/h2-8H,1H3,(H,19,20,21). The van der Waals surface area contributed by atoms with Crippen molar-refractivity contribution in [3.05, 3.63) is 62.3 Å². The Hall–Kier alpha value is -2.18. The predicted octanol–water partition coefficient (Wildman–Crippen LogP) is 4.98. The smallest absolute Gasteiger partial charge is 0.346 e. The lowest BCUT2D eigenvalue weighted by atomic mass is 10.2. The average Bonchev–Trinajstić information content (AvgIpc) is 3.12. The summed E-state index contributed by atoms with van der Waals surface area (Å²) >= 11 is 5.07. The van der Waals surface area contributed by atoms with E-state index >= 15 is 0 Å². The van der Waals surface area contributed by atoms with Crippen LogP contribution in [0.2, 0.25) is 0 Å².